The molecule has 0 bridgehead atoms. The van der Waals surface area contributed by atoms with Gasteiger partial charge in [0.25, 0.3) is 0 Å². The fourth-order valence-electron chi connectivity index (χ4n) is 4.22. The summed E-state index contributed by atoms with van der Waals surface area (Å²) in [6.45, 7) is 2.43. The lowest BCUT2D eigenvalue weighted by molar-refractivity contribution is -0.137. The Balaban J connectivity index is 1.38. The molecule has 5 nitrogen and oxygen atoms in total. The Labute approximate surface area is 140 Å². The SMILES string of the molecule is O=C(C1CCn2cncc2C1)N1CCc2c([nH]c3ccccc23)C1. The molecule has 24 heavy (non-hydrogen) atoms. The van der Waals surface area contributed by atoms with E-state index in [-0.39, 0.29) is 5.92 Å². The summed E-state index contributed by atoms with van der Waals surface area (Å²) in [4.78, 5) is 22.7. The van der Waals surface area contributed by atoms with Gasteiger partial charge in [0.1, 0.15) is 0 Å². The molecule has 1 N–H and O–H groups in total. The number of rotatable bonds is 1. The van der Waals surface area contributed by atoms with Crippen LogP contribution in [0.5, 0.6) is 0 Å². The van der Waals surface area contributed by atoms with Crippen molar-refractivity contribution in [3.05, 3.63) is 53.7 Å². The summed E-state index contributed by atoms with van der Waals surface area (Å²) in [6.07, 6.45) is 6.43. The first-order valence-electron chi connectivity index (χ1n) is 8.66. The van der Waals surface area contributed by atoms with Gasteiger partial charge in [0.15, 0.2) is 0 Å². The van der Waals surface area contributed by atoms with Crippen molar-refractivity contribution >= 4 is 16.8 Å². The summed E-state index contributed by atoms with van der Waals surface area (Å²) < 4.78 is 2.16. The number of fused-ring (bicyclic) bond motifs is 4. The smallest absolute Gasteiger partial charge is 0.226 e. The van der Waals surface area contributed by atoms with Gasteiger partial charge < -0.3 is 14.5 Å². The van der Waals surface area contributed by atoms with Gasteiger partial charge in [-0.2, -0.15) is 0 Å². The van der Waals surface area contributed by atoms with E-state index in [4.69, 9.17) is 0 Å². The van der Waals surface area contributed by atoms with Crippen LogP contribution in [-0.2, 0) is 30.7 Å². The summed E-state index contributed by atoms with van der Waals surface area (Å²) in [5.74, 6) is 0.395. The van der Waals surface area contributed by atoms with Gasteiger partial charge in [0.05, 0.1) is 12.9 Å². The average Bonchev–Trinajstić information content (AvgIpc) is 3.23. The van der Waals surface area contributed by atoms with Crippen molar-refractivity contribution in [2.45, 2.75) is 32.4 Å². The van der Waals surface area contributed by atoms with Gasteiger partial charge in [-0.1, -0.05) is 18.2 Å². The Bertz CT molecular complexity index is 922. The Hall–Kier alpha value is -2.56. The third kappa shape index (κ3) is 2.08. The summed E-state index contributed by atoms with van der Waals surface area (Å²) in [5, 5.41) is 1.31. The minimum atomic E-state index is 0.0973. The topological polar surface area (TPSA) is 53.9 Å². The molecule has 5 heteroatoms. The van der Waals surface area contributed by atoms with Crippen molar-refractivity contribution in [3.63, 3.8) is 0 Å². The maximum atomic E-state index is 13.0. The second-order valence-electron chi connectivity index (χ2n) is 6.91. The number of carbonyl (C=O) groups is 1. The van der Waals surface area contributed by atoms with Gasteiger partial charge in [0.2, 0.25) is 5.91 Å². The first kappa shape index (κ1) is 13.8. The highest BCUT2D eigenvalue weighted by Crippen LogP contribution is 2.29. The van der Waals surface area contributed by atoms with E-state index >= 15 is 0 Å². The van der Waals surface area contributed by atoms with Crippen molar-refractivity contribution in [2.24, 2.45) is 5.92 Å². The van der Waals surface area contributed by atoms with Crippen LogP contribution in [0.1, 0.15) is 23.4 Å². The first-order valence-corrected chi connectivity index (χ1v) is 8.66. The molecule has 0 radical (unpaired) electrons. The Morgan fingerprint density at radius 2 is 2.17 bits per heavy atom. The monoisotopic (exact) mass is 320 g/mol. The molecule has 1 atom stereocenters. The number of H-pyrrole nitrogens is 1. The number of nitrogens with one attached hydrogen (secondary N) is 1. The number of hydrogen-bond donors (Lipinski definition) is 1. The molecule has 0 spiro atoms. The number of aromatic amines is 1. The van der Waals surface area contributed by atoms with Crippen molar-refractivity contribution in [1.82, 2.24) is 19.4 Å². The van der Waals surface area contributed by atoms with E-state index in [2.05, 4.69) is 38.8 Å². The summed E-state index contributed by atoms with van der Waals surface area (Å²) in [7, 11) is 0. The number of aryl methyl sites for hydroxylation is 1. The predicted molar refractivity (Wildman–Crippen MR) is 91.5 cm³/mol. The van der Waals surface area contributed by atoms with Crippen LogP contribution >= 0.6 is 0 Å². The second-order valence-corrected chi connectivity index (χ2v) is 6.91. The lowest BCUT2D eigenvalue weighted by atomic mass is 9.93. The van der Waals surface area contributed by atoms with Crippen LogP contribution in [0, 0.1) is 5.92 Å². The molecule has 122 valence electrons. The normalized spacial score (nSPS) is 20.0. The number of imidazole rings is 1. The molecule has 1 aromatic carbocycles. The van der Waals surface area contributed by atoms with Crippen LogP contribution in [-0.4, -0.2) is 31.9 Å². The van der Waals surface area contributed by atoms with Gasteiger partial charge in [0, 0.05) is 53.9 Å². The predicted octanol–water partition coefficient (Wildman–Crippen LogP) is 2.51. The standard InChI is InChI=1S/C19H20N4O/c24-19(13-5-7-23-12-20-10-14(23)9-13)22-8-6-16-15-3-1-2-4-17(15)21-18(16)11-22/h1-4,10,12-13,21H,5-9,11H2. The van der Waals surface area contributed by atoms with E-state index in [9.17, 15) is 4.79 Å². The number of benzene rings is 1. The third-order valence-corrected chi connectivity index (χ3v) is 5.52. The molecule has 4 heterocycles. The molecule has 3 aromatic rings. The zero-order valence-corrected chi connectivity index (χ0v) is 13.5. The molecule has 2 aromatic heterocycles. The van der Waals surface area contributed by atoms with Crippen molar-refractivity contribution < 1.29 is 4.79 Å². The van der Waals surface area contributed by atoms with E-state index < -0.39 is 0 Å². The van der Waals surface area contributed by atoms with E-state index in [1.807, 2.05) is 17.4 Å². The van der Waals surface area contributed by atoms with E-state index in [0.29, 0.717) is 12.5 Å². The van der Waals surface area contributed by atoms with Gasteiger partial charge in [-0.25, -0.2) is 4.98 Å². The zero-order chi connectivity index (χ0) is 16.1. The van der Waals surface area contributed by atoms with E-state index in [1.54, 1.807) is 0 Å². The van der Waals surface area contributed by atoms with Gasteiger partial charge in [-0.3, -0.25) is 4.79 Å². The maximum Gasteiger partial charge on any atom is 0.226 e. The highest BCUT2D eigenvalue weighted by Gasteiger charge is 2.31. The quantitative estimate of drug-likeness (QED) is 0.749. The third-order valence-electron chi connectivity index (χ3n) is 5.52. The van der Waals surface area contributed by atoms with Crippen molar-refractivity contribution in [3.8, 4) is 0 Å². The van der Waals surface area contributed by atoms with Gasteiger partial charge in [-0.05, 0) is 24.5 Å². The maximum absolute atomic E-state index is 13.0. The van der Waals surface area contributed by atoms with Crippen molar-refractivity contribution in [2.75, 3.05) is 6.54 Å². The molecule has 0 saturated heterocycles. The van der Waals surface area contributed by atoms with Gasteiger partial charge >= 0.3 is 0 Å². The fraction of sp³-hybridized carbons (Fsp3) is 0.368. The number of amides is 1. The largest absolute Gasteiger partial charge is 0.357 e. The molecular weight excluding hydrogens is 300 g/mol. The van der Waals surface area contributed by atoms with Crippen LogP contribution < -0.4 is 0 Å². The highest BCUT2D eigenvalue weighted by atomic mass is 16.2. The van der Waals surface area contributed by atoms with Crippen LogP contribution in [0.4, 0.5) is 0 Å². The molecule has 2 aliphatic rings. The molecule has 0 fully saturated rings. The average molecular weight is 320 g/mol. The van der Waals surface area contributed by atoms with Crippen LogP contribution in [0.2, 0.25) is 0 Å². The highest BCUT2D eigenvalue weighted by molar-refractivity contribution is 5.86. The zero-order valence-electron chi connectivity index (χ0n) is 13.5. The molecule has 0 aliphatic carbocycles. The van der Waals surface area contributed by atoms with Crippen LogP contribution in [0.15, 0.2) is 36.8 Å². The molecular formula is C19H20N4O. The fourth-order valence-corrected chi connectivity index (χ4v) is 4.22. The van der Waals surface area contributed by atoms with E-state index in [0.717, 1.165) is 32.4 Å². The lowest BCUT2D eigenvalue weighted by Crippen LogP contribution is -2.41. The Kier molecular flexibility index (Phi) is 3.01. The summed E-state index contributed by atoms with van der Waals surface area (Å²) in [5.41, 5.74) is 4.95. The van der Waals surface area contributed by atoms with Crippen molar-refractivity contribution in [1.29, 1.82) is 0 Å². The lowest BCUT2D eigenvalue weighted by Gasteiger charge is -2.32. The first-order chi connectivity index (χ1) is 11.8. The number of para-hydroxylation sites is 1. The molecule has 1 unspecified atom stereocenters. The molecule has 5 rings (SSSR count). The summed E-state index contributed by atoms with van der Waals surface area (Å²) >= 11 is 0. The molecule has 2 aliphatic heterocycles. The Morgan fingerprint density at radius 1 is 1.25 bits per heavy atom. The number of nitrogens with zero attached hydrogens (tertiary/aromatic N) is 3. The second kappa shape index (κ2) is 5.23. The molecule has 0 saturated carbocycles. The minimum Gasteiger partial charge on any atom is -0.357 e. The minimum absolute atomic E-state index is 0.0973. The summed E-state index contributed by atoms with van der Waals surface area (Å²) in [6, 6.07) is 8.42. The van der Waals surface area contributed by atoms with Crippen LogP contribution in [0.25, 0.3) is 10.9 Å². The molecule has 1 amide bonds. The number of aromatic nitrogens is 3. The van der Waals surface area contributed by atoms with E-state index in [1.165, 1.54) is 27.9 Å². The van der Waals surface area contributed by atoms with Crippen LogP contribution in [0.3, 0.4) is 0 Å². The number of carbonyl (C=O) groups excluding carboxylic acids is 1. The Morgan fingerprint density at radius 3 is 3.12 bits per heavy atom. The number of hydrogen-bond acceptors (Lipinski definition) is 2. The van der Waals surface area contributed by atoms with Gasteiger partial charge in [-0.15, -0.1) is 0 Å².